The Balaban J connectivity index is 1.20. The van der Waals surface area contributed by atoms with Crippen molar-refractivity contribution in [2.24, 2.45) is 0 Å². The van der Waals surface area contributed by atoms with E-state index in [1.807, 2.05) is 17.0 Å². The van der Waals surface area contributed by atoms with Gasteiger partial charge >= 0.3 is 0 Å². The predicted octanol–water partition coefficient (Wildman–Crippen LogP) is 4.51. The van der Waals surface area contributed by atoms with Gasteiger partial charge in [-0.2, -0.15) is 0 Å². The van der Waals surface area contributed by atoms with Gasteiger partial charge in [-0.05, 0) is 54.9 Å². The first-order valence-electron chi connectivity index (χ1n) is 13.0. The van der Waals surface area contributed by atoms with Gasteiger partial charge in [-0.25, -0.2) is 28.7 Å². The predicted molar refractivity (Wildman–Crippen MR) is 139 cm³/mol. The fourth-order valence-electron chi connectivity index (χ4n) is 5.24. The van der Waals surface area contributed by atoms with Gasteiger partial charge in [0.2, 0.25) is 5.95 Å². The van der Waals surface area contributed by atoms with E-state index in [9.17, 15) is 9.18 Å². The van der Waals surface area contributed by atoms with Crippen LogP contribution >= 0.6 is 0 Å². The van der Waals surface area contributed by atoms with E-state index in [0.29, 0.717) is 28.2 Å². The Hall–Kier alpha value is -3.95. The lowest BCUT2D eigenvalue weighted by Crippen LogP contribution is -2.35. The number of carbonyl (C=O) groups excluding carboxylic acids is 1. The molecule has 2 aliphatic rings. The maximum absolute atomic E-state index is 15.3. The topological polar surface area (TPSA) is 80.0 Å². The molecule has 0 spiro atoms. The number of rotatable bonds is 6. The molecule has 1 aliphatic heterocycles. The zero-order valence-electron chi connectivity index (χ0n) is 21.4. The van der Waals surface area contributed by atoms with Crippen LogP contribution in [0, 0.1) is 11.6 Å². The standard InChI is InChI=1S/C28H29F2N7O/c1-35(2)27(38)19-6-5-18(22(29)11-19)12-24-25-23(30)15-37(26(25)34-16-33-24)21-7-9-36(10-8-21)28-31-13-20(14-32-28)17-3-4-17/h5-6,11,13-17,21H,3-4,7-10,12H2,1-2H3. The van der Waals surface area contributed by atoms with Crippen LogP contribution in [0.15, 0.2) is 43.1 Å². The number of halogens is 2. The molecule has 6 rings (SSSR count). The lowest BCUT2D eigenvalue weighted by molar-refractivity contribution is 0.0827. The van der Waals surface area contributed by atoms with Crippen molar-refractivity contribution in [1.82, 2.24) is 29.4 Å². The van der Waals surface area contributed by atoms with Crippen molar-refractivity contribution in [3.63, 3.8) is 0 Å². The van der Waals surface area contributed by atoms with Crippen molar-refractivity contribution in [3.8, 4) is 0 Å². The summed E-state index contributed by atoms with van der Waals surface area (Å²) in [5, 5.41) is 0.307. The highest BCUT2D eigenvalue weighted by molar-refractivity contribution is 5.94. The van der Waals surface area contributed by atoms with Gasteiger partial charge in [0.25, 0.3) is 5.91 Å². The molecule has 3 aromatic heterocycles. The molecule has 196 valence electrons. The summed E-state index contributed by atoms with van der Waals surface area (Å²) in [5.41, 5.74) is 2.74. The van der Waals surface area contributed by atoms with Gasteiger partial charge in [-0.3, -0.25) is 4.79 Å². The fourth-order valence-corrected chi connectivity index (χ4v) is 5.24. The first-order chi connectivity index (χ1) is 18.4. The zero-order chi connectivity index (χ0) is 26.4. The number of nitrogens with zero attached hydrogens (tertiary/aromatic N) is 7. The summed E-state index contributed by atoms with van der Waals surface area (Å²) < 4.78 is 32.0. The Labute approximate surface area is 219 Å². The molecule has 0 radical (unpaired) electrons. The number of aromatic nitrogens is 5. The van der Waals surface area contributed by atoms with Crippen LogP contribution in [-0.4, -0.2) is 62.5 Å². The van der Waals surface area contributed by atoms with Gasteiger partial charge in [0.05, 0.1) is 11.1 Å². The Morgan fingerprint density at radius 2 is 1.74 bits per heavy atom. The summed E-state index contributed by atoms with van der Waals surface area (Å²) >= 11 is 0. The summed E-state index contributed by atoms with van der Waals surface area (Å²) in [4.78, 5) is 33.6. The number of hydrogen-bond donors (Lipinski definition) is 0. The monoisotopic (exact) mass is 517 g/mol. The second-order valence-corrected chi connectivity index (χ2v) is 10.4. The Bertz CT molecular complexity index is 1490. The summed E-state index contributed by atoms with van der Waals surface area (Å²) in [5.74, 6) is 0.139. The van der Waals surface area contributed by atoms with Crippen LogP contribution in [-0.2, 0) is 6.42 Å². The molecule has 1 saturated carbocycles. The Kier molecular flexibility index (Phi) is 6.25. The number of benzene rings is 1. The number of amides is 1. The number of piperidine rings is 1. The van der Waals surface area contributed by atoms with E-state index in [-0.39, 0.29) is 23.9 Å². The molecule has 2 fully saturated rings. The van der Waals surface area contributed by atoms with E-state index in [4.69, 9.17) is 0 Å². The third-order valence-corrected chi connectivity index (χ3v) is 7.55. The van der Waals surface area contributed by atoms with Gasteiger partial charge < -0.3 is 14.4 Å². The third kappa shape index (κ3) is 4.59. The van der Waals surface area contributed by atoms with E-state index >= 15 is 4.39 Å². The minimum Gasteiger partial charge on any atom is -0.345 e. The first kappa shape index (κ1) is 24.4. The average molecular weight is 518 g/mol. The Morgan fingerprint density at radius 3 is 2.39 bits per heavy atom. The highest BCUT2D eigenvalue weighted by Crippen LogP contribution is 2.39. The summed E-state index contributed by atoms with van der Waals surface area (Å²) in [6.45, 7) is 1.52. The molecule has 4 aromatic rings. The summed E-state index contributed by atoms with van der Waals surface area (Å²) in [6, 6.07) is 4.43. The maximum Gasteiger partial charge on any atom is 0.253 e. The van der Waals surface area contributed by atoms with Crippen molar-refractivity contribution in [2.45, 2.75) is 44.1 Å². The molecule has 1 aromatic carbocycles. The molecule has 1 aliphatic carbocycles. The largest absolute Gasteiger partial charge is 0.345 e. The summed E-state index contributed by atoms with van der Waals surface area (Å²) in [7, 11) is 3.23. The number of carbonyl (C=O) groups is 1. The van der Waals surface area contributed by atoms with Gasteiger partial charge in [0.1, 0.15) is 17.8 Å². The summed E-state index contributed by atoms with van der Waals surface area (Å²) in [6.07, 6.45) is 10.9. The SMILES string of the molecule is CN(C)C(=O)c1ccc(Cc2ncnc3c2c(F)cn3C2CCN(c3ncc(C4CC4)cn3)CC2)c(F)c1. The molecule has 0 bridgehead atoms. The van der Waals surface area contributed by atoms with Crippen molar-refractivity contribution >= 4 is 22.9 Å². The van der Waals surface area contributed by atoms with Crippen LogP contribution < -0.4 is 4.90 Å². The Morgan fingerprint density at radius 1 is 1.00 bits per heavy atom. The van der Waals surface area contributed by atoms with E-state index in [1.165, 1.54) is 41.9 Å². The molecule has 4 heterocycles. The molecule has 10 heteroatoms. The van der Waals surface area contributed by atoms with Gasteiger partial charge in [-0.1, -0.05) is 6.07 Å². The number of hydrogen-bond acceptors (Lipinski definition) is 6. The first-order valence-corrected chi connectivity index (χ1v) is 13.0. The van der Waals surface area contributed by atoms with Crippen LogP contribution in [0.5, 0.6) is 0 Å². The zero-order valence-corrected chi connectivity index (χ0v) is 21.4. The smallest absolute Gasteiger partial charge is 0.253 e. The molecular weight excluding hydrogens is 488 g/mol. The molecule has 8 nitrogen and oxygen atoms in total. The molecule has 0 atom stereocenters. The average Bonchev–Trinajstić information content (AvgIpc) is 3.73. The second-order valence-electron chi connectivity index (χ2n) is 10.4. The highest BCUT2D eigenvalue weighted by atomic mass is 19.1. The van der Waals surface area contributed by atoms with Crippen molar-refractivity contribution in [1.29, 1.82) is 0 Å². The van der Waals surface area contributed by atoms with Crippen LogP contribution in [0.4, 0.5) is 14.7 Å². The van der Waals surface area contributed by atoms with Gasteiger partial charge in [-0.15, -0.1) is 0 Å². The van der Waals surface area contributed by atoms with E-state index < -0.39 is 11.6 Å². The molecule has 1 amide bonds. The maximum atomic E-state index is 15.3. The molecule has 38 heavy (non-hydrogen) atoms. The molecular formula is C28H29F2N7O. The van der Waals surface area contributed by atoms with Gasteiger partial charge in [0, 0.05) is 63.8 Å². The number of fused-ring (bicyclic) bond motifs is 1. The molecule has 1 saturated heterocycles. The van der Waals surface area contributed by atoms with E-state index in [0.717, 1.165) is 31.9 Å². The van der Waals surface area contributed by atoms with Crippen LogP contribution in [0.1, 0.15) is 64.8 Å². The van der Waals surface area contributed by atoms with Crippen LogP contribution in [0.25, 0.3) is 11.0 Å². The van der Waals surface area contributed by atoms with Crippen LogP contribution in [0.2, 0.25) is 0 Å². The second kappa shape index (κ2) is 9.74. The molecule has 0 unspecified atom stereocenters. The minimum atomic E-state index is -0.524. The normalized spacial score (nSPS) is 16.3. The van der Waals surface area contributed by atoms with E-state index in [2.05, 4.69) is 24.8 Å². The third-order valence-electron chi connectivity index (χ3n) is 7.55. The van der Waals surface area contributed by atoms with Crippen molar-refractivity contribution in [2.75, 3.05) is 32.1 Å². The lowest BCUT2D eigenvalue weighted by atomic mass is 10.0. The lowest BCUT2D eigenvalue weighted by Gasteiger charge is -2.32. The molecule has 0 N–H and O–H groups in total. The fraction of sp³-hybridized carbons (Fsp3) is 0.393. The highest BCUT2D eigenvalue weighted by Gasteiger charge is 2.27. The number of anilines is 1. The van der Waals surface area contributed by atoms with Gasteiger partial charge in [0.15, 0.2) is 5.82 Å². The van der Waals surface area contributed by atoms with Crippen molar-refractivity contribution < 1.29 is 13.6 Å². The minimum absolute atomic E-state index is 0.0693. The van der Waals surface area contributed by atoms with E-state index in [1.54, 1.807) is 26.2 Å². The van der Waals surface area contributed by atoms with Crippen LogP contribution in [0.3, 0.4) is 0 Å². The quantitative estimate of drug-likeness (QED) is 0.375. The van der Waals surface area contributed by atoms with Crippen molar-refractivity contribution in [3.05, 3.63) is 77.1 Å².